The summed E-state index contributed by atoms with van der Waals surface area (Å²) in [6, 6.07) is 4.06. The van der Waals surface area contributed by atoms with E-state index in [4.69, 9.17) is 11.6 Å². The standard InChI is InChI=1S/C15H23ClN4/c1-12-6-7-13-15(17-12)20(14(18-13)8-9-16)11-5-4-10-19(2)3/h6-7H,4-5,8-11H2,1-3H3. The normalized spacial score (nSPS) is 11.7. The molecule has 0 saturated heterocycles. The second-order valence-corrected chi connectivity index (χ2v) is 5.80. The second kappa shape index (κ2) is 7.04. The van der Waals surface area contributed by atoms with Crippen LogP contribution in [0.5, 0.6) is 0 Å². The highest BCUT2D eigenvalue weighted by Crippen LogP contribution is 2.16. The Morgan fingerprint density at radius 2 is 2.00 bits per heavy atom. The van der Waals surface area contributed by atoms with Crippen LogP contribution in [-0.4, -0.2) is 46.0 Å². The van der Waals surface area contributed by atoms with E-state index < -0.39 is 0 Å². The molecule has 0 aliphatic rings. The lowest BCUT2D eigenvalue weighted by Gasteiger charge is -2.11. The van der Waals surface area contributed by atoms with E-state index in [1.54, 1.807) is 0 Å². The van der Waals surface area contributed by atoms with Crippen LogP contribution >= 0.6 is 11.6 Å². The maximum atomic E-state index is 5.89. The van der Waals surface area contributed by atoms with Crippen molar-refractivity contribution in [2.75, 3.05) is 26.5 Å². The van der Waals surface area contributed by atoms with E-state index in [0.717, 1.165) is 48.6 Å². The van der Waals surface area contributed by atoms with Crippen molar-refractivity contribution in [1.82, 2.24) is 19.4 Å². The second-order valence-electron chi connectivity index (χ2n) is 5.42. The Labute approximate surface area is 125 Å². The first kappa shape index (κ1) is 15.3. The molecule has 0 radical (unpaired) electrons. The number of aryl methyl sites for hydroxylation is 3. The molecule has 0 aromatic carbocycles. The number of fused-ring (bicyclic) bond motifs is 1. The van der Waals surface area contributed by atoms with Gasteiger partial charge in [-0.2, -0.15) is 0 Å². The molecule has 0 amide bonds. The van der Waals surface area contributed by atoms with Gasteiger partial charge in [0.1, 0.15) is 11.3 Å². The number of nitrogens with zero attached hydrogens (tertiary/aromatic N) is 4. The maximum absolute atomic E-state index is 5.89. The average Bonchev–Trinajstić information content (AvgIpc) is 2.72. The fourth-order valence-electron chi connectivity index (χ4n) is 2.35. The van der Waals surface area contributed by atoms with Gasteiger partial charge >= 0.3 is 0 Å². The molecule has 2 aromatic heterocycles. The Hall–Kier alpha value is -1.13. The van der Waals surface area contributed by atoms with Crippen LogP contribution < -0.4 is 0 Å². The zero-order chi connectivity index (χ0) is 14.5. The molecule has 5 heteroatoms. The summed E-state index contributed by atoms with van der Waals surface area (Å²) in [6.07, 6.45) is 3.11. The summed E-state index contributed by atoms with van der Waals surface area (Å²) >= 11 is 5.89. The Bertz CT molecular complexity index is 562. The SMILES string of the molecule is Cc1ccc2nc(CCCl)n(CCCCN(C)C)c2n1. The molecular formula is C15H23ClN4. The van der Waals surface area contributed by atoms with Gasteiger partial charge in [-0.25, -0.2) is 9.97 Å². The molecule has 4 nitrogen and oxygen atoms in total. The van der Waals surface area contributed by atoms with Crippen LogP contribution in [0.4, 0.5) is 0 Å². The zero-order valence-corrected chi connectivity index (χ0v) is 13.3. The molecule has 2 rings (SSSR count). The number of halogens is 1. The van der Waals surface area contributed by atoms with Crippen LogP contribution in [0, 0.1) is 6.92 Å². The van der Waals surface area contributed by atoms with E-state index in [1.165, 1.54) is 6.42 Å². The first-order valence-electron chi connectivity index (χ1n) is 7.15. The number of unbranched alkanes of at least 4 members (excludes halogenated alkanes) is 1. The number of aromatic nitrogens is 3. The zero-order valence-electron chi connectivity index (χ0n) is 12.6. The third-order valence-electron chi connectivity index (χ3n) is 3.37. The average molecular weight is 295 g/mol. The van der Waals surface area contributed by atoms with Gasteiger partial charge in [-0.3, -0.25) is 0 Å². The molecule has 0 N–H and O–H groups in total. The first-order valence-corrected chi connectivity index (χ1v) is 7.68. The highest BCUT2D eigenvalue weighted by molar-refractivity contribution is 6.17. The van der Waals surface area contributed by atoms with Crippen LogP contribution in [0.15, 0.2) is 12.1 Å². The Morgan fingerprint density at radius 1 is 1.20 bits per heavy atom. The molecular weight excluding hydrogens is 272 g/mol. The number of alkyl halides is 1. The van der Waals surface area contributed by atoms with Gasteiger partial charge in [-0.05, 0) is 52.5 Å². The van der Waals surface area contributed by atoms with E-state index in [1.807, 2.05) is 19.1 Å². The number of hydrogen-bond acceptors (Lipinski definition) is 3. The molecule has 0 fully saturated rings. The van der Waals surface area contributed by atoms with Crippen molar-refractivity contribution in [3.8, 4) is 0 Å². The molecule has 0 spiro atoms. The molecule has 0 saturated carbocycles. The Balaban J connectivity index is 2.19. The van der Waals surface area contributed by atoms with Crippen molar-refractivity contribution >= 4 is 22.8 Å². The molecule has 2 heterocycles. The lowest BCUT2D eigenvalue weighted by molar-refractivity contribution is 0.387. The lowest BCUT2D eigenvalue weighted by Crippen LogP contribution is -2.14. The maximum Gasteiger partial charge on any atom is 0.160 e. The summed E-state index contributed by atoms with van der Waals surface area (Å²) < 4.78 is 2.24. The van der Waals surface area contributed by atoms with Crippen molar-refractivity contribution in [3.05, 3.63) is 23.7 Å². The van der Waals surface area contributed by atoms with Crippen molar-refractivity contribution in [3.63, 3.8) is 0 Å². The van der Waals surface area contributed by atoms with Crippen molar-refractivity contribution < 1.29 is 0 Å². The van der Waals surface area contributed by atoms with Gasteiger partial charge in [-0.15, -0.1) is 11.6 Å². The molecule has 0 aliphatic heterocycles. The van der Waals surface area contributed by atoms with E-state index in [0.29, 0.717) is 5.88 Å². The summed E-state index contributed by atoms with van der Waals surface area (Å²) in [6.45, 7) is 4.10. The van der Waals surface area contributed by atoms with E-state index in [9.17, 15) is 0 Å². The molecule has 0 bridgehead atoms. The predicted octanol–water partition coefficient (Wildman–Crippen LogP) is 2.86. The molecule has 20 heavy (non-hydrogen) atoms. The Morgan fingerprint density at radius 3 is 2.70 bits per heavy atom. The smallest absolute Gasteiger partial charge is 0.160 e. The summed E-state index contributed by atoms with van der Waals surface area (Å²) in [7, 11) is 4.22. The highest BCUT2D eigenvalue weighted by Gasteiger charge is 2.11. The topological polar surface area (TPSA) is 34.0 Å². The third kappa shape index (κ3) is 3.70. The monoisotopic (exact) mass is 294 g/mol. The minimum atomic E-state index is 0.597. The van der Waals surface area contributed by atoms with Gasteiger partial charge < -0.3 is 9.47 Å². The van der Waals surface area contributed by atoms with Crippen LogP contribution in [0.2, 0.25) is 0 Å². The fourth-order valence-corrected chi connectivity index (χ4v) is 2.52. The summed E-state index contributed by atoms with van der Waals surface area (Å²) in [5, 5.41) is 0. The fraction of sp³-hybridized carbons (Fsp3) is 0.600. The number of rotatable bonds is 7. The van der Waals surface area contributed by atoms with E-state index >= 15 is 0 Å². The van der Waals surface area contributed by atoms with Crippen LogP contribution in [-0.2, 0) is 13.0 Å². The summed E-state index contributed by atoms with van der Waals surface area (Å²) in [5.41, 5.74) is 3.00. The summed E-state index contributed by atoms with van der Waals surface area (Å²) in [4.78, 5) is 11.5. The minimum absolute atomic E-state index is 0.597. The Kier molecular flexibility index (Phi) is 5.38. The quantitative estimate of drug-likeness (QED) is 0.582. The van der Waals surface area contributed by atoms with Gasteiger partial charge in [0.25, 0.3) is 0 Å². The minimum Gasteiger partial charge on any atom is -0.313 e. The van der Waals surface area contributed by atoms with Gasteiger partial charge in [-0.1, -0.05) is 0 Å². The lowest BCUT2D eigenvalue weighted by atomic mass is 10.3. The number of imidazole rings is 1. The summed E-state index contributed by atoms with van der Waals surface area (Å²) in [5.74, 6) is 1.65. The largest absolute Gasteiger partial charge is 0.313 e. The van der Waals surface area contributed by atoms with Crippen LogP contribution in [0.3, 0.4) is 0 Å². The molecule has 2 aromatic rings. The van der Waals surface area contributed by atoms with Gasteiger partial charge in [0.05, 0.1) is 0 Å². The number of hydrogen-bond donors (Lipinski definition) is 0. The van der Waals surface area contributed by atoms with Crippen molar-refractivity contribution in [2.24, 2.45) is 0 Å². The number of pyridine rings is 1. The molecule has 0 atom stereocenters. The molecule has 0 unspecified atom stereocenters. The molecule has 0 aliphatic carbocycles. The van der Waals surface area contributed by atoms with E-state index in [-0.39, 0.29) is 0 Å². The van der Waals surface area contributed by atoms with Crippen LogP contribution in [0.1, 0.15) is 24.4 Å². The predicted molar refractivity (Wildman–Crippen MR) is 84.5 cm³/mol. The first-order chi connectivity index (χ1) is 9.61. The van der Waals surface area contributed by atoms with Gasteiger partial charge in [0, 0.05) is 24.5 Å². The third-order valence-corrected chi connectivity index (χ3v) is 3.55. The van der Waals surface area contributed by atoms with Gasteiger partial charge in [0.15, 0.2) is 5.65 Å². The van der Waals surface area contributed by atoms with Crippen molar-refractivity contribution in [1.29, 1.82) is 0 Å². The molecule has 110 valence electrons. The van der Waals surface area contributed by atoms with E-state index in [2.05, 4.69) is 33.5 Å². The van der Waals surface area contributed by atoms with Crippen LogP contribution in [0.25, 0.3) is 11.2 Å². The van der Waals surface area contributed by atoms with Crippen molar-refractivity contribution in [2.45, 2.75) is 32.7 Å². The van der Waals surface area contributed by atoms with Gasteiger partial charge in [0.2, 0.25) is 0 Å². The highest BCUT2D eigenvalue weighted by atomic mass is 35.5.